The lowest BCUT2D eigenvalue weighted by molar-refractivity contribution is -0.127. The Bertz CT molecular complexity index is 1100. The summed E-state index contributed by atoms with van der Waals surface area (Å²) in [5, 5.41) is 4.17. The third-order valence-corrected chi connectivity index (χ3v) is 5.75. The molecule has 32 heavy (non-hydrogen) atoms. The van der Waals surface area contributed by atoms with Gasteiger partial charge >= 0.3 is 0 Å². The van der Waals surface area contributed by atoms with Crippen LogP contribution in [-0.4, -0.2) is 62.4 Å². The van der Waals surface area contributed by atoms with E-state index >= 15 is 0 Å². The molecular formula is C24H28N4O4. The maximum absolute atomic E-state index is 12.6. The average Bonchev–Trinajstić information content (AvgIpc) is 3.44. The standard InChI is InChI=1S/C24H28N4O4/c1-27(2)19-7-5-6-17(13-19)24-25-23(26-32-24)18-14-22(29)28(15-18)11-10-16-8-9-20(30-3)21(12-16)31-4/h5-9,12-13,18H,10-11,14-15H2,1-4H3. The molecule has 0 spiro atoms. The van der Waals surface area contributed by atoms with Crippen molar-refractivity contribution >= 4 is 11.6 Å². The van der Waals surface area contributed by atoms with E-state index in [1.165, 1.54) is 0 Å². The zero-order valence-corrected chi connectivity index (χ0v) is 18.9. The van der Waals surface area contributed by atoms with Gasteiger partial charge in [-0.05, 0) is 42.3 Å². The van der Waals surface area contributed by atoms with Crippen LogP contribution in [0.4, 0.5) is 5.69 Å². The van der Waals surface area contributed by atoms with Gasteiger partial charge in [0.2, 0.25) is 5.91 Å². The number of ether oxygens (including phenoxy) is 2. The number of amides is 1. The van der Waals surface area contributed by atoms with Crippen LogP contribution in [0.5, 0.6) is 11.5 Å². The molecule has 0 N–H and O–H groups in total. The van der Waals surface area contributed by atoms with Crippen LogP contribution in [0.1, 0.15) is 23.7 Å². The molecule has 8 heteroatoms. The van der Waals surface area contributed by atoms with Crippen molar-refractivity contribution in [3.05, 3.63) is 53.9 Å². The van der Waals surface area contributed by atoms with Crippen LogP contribution < -0.4 is 14.4 Å². The highest BCUT2D eigenvalue weighted by Crippen LogP contribution is 2.30. The molecule has 0 aliphatic carbocycles. The van der Waals surface area contributed by atoms with Gasteiger partial charge in [-0.15, -0.1) is 0 Å². The molecule has 0 radical (unpaired) electrons. The molecule has 2 aromatic carbocycles. The highest BCUT2D eigenvalue weighted by atomic mass is 16.5. The van der Waals surface area contributed by atoms with Gasteiger partial charge in [-0.25, -0.2) is 0 Å². The molecule has 1 aromatic heterocycles. The van der Waals surface area contributed by atoms with E-state index in [0.717, 1.165) is 23.2 Å². The molecule has 1 fully saturated rings. The van der Waals surface area contributed by atoms with E-state index in [9.17, 15) is 4.79 Å². The first-order chi connectivity index (χ1) is 15.5. The van der Waals surface area contributed by atoms with Crippen molar-refractivity contribution in [2.45, 2.75) is 18.8 Å². The van der Waals surface area contributed by atoms with Crippen LogP contribution in [0.2, 0.25) is 0 Å². The van der Waals surface area contributed by atoms with Crippen molar-refractivity contribution in [1.29, 1.82) is 0 Å². The highest BCUT2D eigenvalue weighted by molar-refractivity contribution is 5.79. The van der Waals surface area contributed by atoms with Crippen LogP contribution in [0.3, 0.4) is 0 Å². The summed E-state index contributed by atoms with van der Waals surface area (Å²) in [6, 6.07) is 13.8. The Labute approximate surface area is 187 Å². The fourth-order valence-corrected chi connectivity index (χ4v) is 3.90. The lowest BCUT2D eigenvalue weighted by Gasteiger charge is -2.16. The van der Waals surface area contributed by atoms with E-state index < -0.39 is 0 Å². The molecule has 1 saturated heterocycles. The first kappa shape index (κ1) is 21.7. The van der Waals surface area contributed by atoms with Crippen LogP contribution in [0.15, 0.2) is 47.0 Å². The Morgan fingerprint density at radius 1 is 1.12 bits per heavy atom. The van der Waals surface area contributed by atoms with Gasteiger partial charge in [-0.2, -0.15) is 4.98 Å². The number of anilines is 1. The number of hydrogen-bond donors (Lipinski definition) is 0. The first-order valence-electron chi connectivity index (χ1n) is 10.6. The molecule has 0 saturated carbocycles. The Hall–Kier alpha value is -3.55. The summed E-state index contributed by atoms with van der Waals surface area (Å²) in [5.41, 5.74) is 3.01. The predicted octanol–water partition coefficient (Wildman–Crippen LogP) is 3.38. The zero-order valence-electron chi connectivity index (χ0n) is 18.9. The normalized spacial score (nSPS) is 15.8. The molecule has 1 unspecified atom stereocenters. The number of rotatable bonds is 8. The summed E-state index contributed by atoms with van der Waals surface area (Å²) in [6.45, 7) is 1.21. The third kappa shape index (κ3) is 4.54. The Morgan fingerprint density at radius 2 is 1.94 bits per heavy atom. The van der Waals surface area contributed by atoms with E-state index in [2.05, 4.69) is 10.1 Å². The van der Waals surface area contributed by atoms with Gasteiger partial charge in [-0.1, -0.05) is 17.3 Å². The topological polar surface area (TPSA) is 80.9 Å². The number of carbonyl (C=O) groups excluding carboxylic acids is 1. The smallest absolute Gasteiger partial charge is 0.258 e. The van der Waals surface area contributed by atoms with Gasteiger partial charge in [0.15, 0.2) is 17.3 Å². The monoisotopic (exact) mass is 436 g/mol. The highest BCUT2D eigenvalue weighted by Gasteiger charge is 2.33. The van der Waals surface area contributed by atoms with Gasteiger partial charge in [0, 0.05) is 50.8 Å². The SMILES string of the molecule is COc1ccc(CCN2CC(c3noc(-c4cccc(N(C)C)c4)n3)CC2=O)cc1OC. The van der Waals surface area contributed by atoms with E-state index in [1.54, 1.807) is 14.2 Å². The summed E-state index contributed by atoms with van der Waals surface area (Å²) >= 11 is 0. The quantitative estimate of drug-likeness (QED) is 0.535. The van der Waals surface area contributed by atoms with Gasteiger partial charge in [-0.3, -0.25) is 4.79 Å². The van der Waals surface area contributed by atoms with E-state index in [1.807, 2.05) is 66.4 Å². The van der Waals surface area contributed by atoms with Gasteiger partial charge in [0.05, 0.1) is 14.2 Å². The molecule has 1 atom stereocenters. The number of carbonyl (C=O) groups is 1. The van der Waals surface area contributed by atoms with Crippen LogP contribution >= 0.6 is 0 Å². The predicted molar refractivity (Wildman–Crippen MR) is 121 cm³/mol. The minimum absolute atomic E-state index is 0.0672. The summed E-state index contributed by atoms with van der Waals surface area (Å²) in [4.78, 5) is 21.1. The number of nitrogens with zero attached hydrogens (tertiary/aromatic N) is 4. The van der Waals surface area contributed by atoms with Crippen molar-refractivity contribution in [3.63, 3.8) is 0 Å². The number of aromatic nitrogens is 2. The van der Waals surface area contributed by atoms with Crippen molar-refractivity contribution in [3.8, 4) is 23.0 Å². The molecule has 1 amide bonds. The van der Waals surface area contributed by atoms with Crippen LogP contribution in [0.25, 0.3) is 11.5 Å². The van der Waals surface area contributed by atoms with Gasteiger partial charge in [0.1, 0.15) is 0 Å². The van der Waals surface area contributed by atoms with Crippen molar-refractivity contribution < 1.29 is 18.8 Å². The maximum Gasteiger partial charge on any atom is 0.258 e. The van der Waals surface area contributed by atoms with Crippen molar-refractivity contribution in [1.82, 2.24) is 15.0 Å². The molecular weight excluding hydrogens is 408 g/mol. The second-order valence-corrected chi connectivity index (χ2v) is 8.08. The zero-order chi connectivity index (χ0) is 22.7. The van der Waals surface area contributed by atoms with Crippen molar-refractivity contribution in [2.24, 2.45) is 0 Å². The summed E-state index contributed by atoms with van der Waals surface area (Å²) < 4.78 is 16.2. The lowest BCUT2D eigenvalue weighted by Crippen LogP contribution is -2.27. The Morgan fingerprint density at radius 3 is 2.69 bits per heavy atom. The number of likely N-dealkylation sites (tertiary alicyclic amines) is 1. The van der Waals surface area contributed by atoms with Crippen LogP contribution in [0, 0.1) is 0 Å². The molecule has 1 aliphatic rings. The maximum atomic E-state index is 12.6. The summed E-state index contributed by atoms with van der Waals surface area (Å²) in [6.07, 6.45) is 1.12. The minimum Gasteiger partial charge on any atom is -0.493 e. The molecule has 1 aliphatic heterocycles. The third-order valence-electron chi connectivity index (χ3n) is 5.75. The number of hydrogen-bond acceptors (Lipinski definition) is 7. The molecule has 8 nitrogen and oxygen atoms in total. The second-order valence-electron chi connectivity index (χ2n) is 8.08. The first-order valence-corrected chi connectivity index (χ1v) is 10.6. The molecule has 168 valence electrons. The fraction of sp³-hybridized carbons (Fsp3) is 0.375. The minimum atomic E-state index is -0.0672. The fourth-order valence-electron chi connectivity index (χ4n) is 3.90. The number of benzene rings is 2. The Kier molecular flexibility index (Phi) is 6.30. The Balaban J connectivity index is 1.41. The number of methoxy groups -OCH3 is 2. The largest absolute Gasteiger partial charge is 0.493 e. The van der Waals surface area contributed by atoms with Crippen LogP contribution in [-0.2, 0) is 11.2 Å². The molecule has 3 aromatic rings. The summed E-state index contributed by atoms with van der Waals surface area (Å²) in [7, 11) is 7.20. The molecule has 0 bridgehead atoms. The molecule has 4 rings (SSSR count). The van der Waals surface area contributed by atoms with Gasteiger partial charge < -0.3 is 23.8 Å². The van der Waals surface area contributed by atoms with E-state index in [-0.39, 0.29) is 11.8 Å². The molecule has 2 heterocycles. The van der Waals surface area contributed by atoms with E-state index in [0.29, 0.717) is 42.7 Å². The van der Waals surface area contributed by atoms with Crippen molar-refractivity contribution in [2.75, 3.05) is 46.3 Å². The lowest BCUT2D eigenvalue weighted by atomic mass is 10.1. The van der Waals surface area contributed by atoms with E-state index in [4.69, 9.17) is 14.0 Å². The second kappa shape index (κ2) is 9.30. The summed E-state index contributed by atoms with van der Waals surface area (Å²) in [5.74, 6) is 2.47. The average molecular weight is 437 g/mol. The van der Waals surface area contributed by atoms with Gasteiger partial charge in [0.25, 0.3) is 5.89 Å².